The molecule has 0 heterocycles. The van der Waals surface area contributed by atoms with Crippen LogP contribution >= 0.6 is 0 Å². The highest BCUT2D eigenvalue weighted by Gasteiger charge is 2.12. The predicted molar refractivity (Wildman–Crippen MR) is 88.9 cm³/mol. The first-order chi connectivity index (χ1) is 10.6. The molecule has 3 N–H and O–H groups in total. The van der Waals surface area contributed by atoms with Gasteiger partial charge in [0.2, 0.25) is 0 Å². The smallest absolute Gasteiger partial charge is 0.128 e. The summed E-state index contributed by atoms with van der Waals surface area (Å²) >= 11 is 0. The van der Waals surface area contributed by atoms with Gasteiger partial charge in [-0.3, -0.25) is 0 Å². The number of benzene rings is 2. The van der Waals surface area contributed by atoms with Gasteiger partial charge >= 0.3 is 0 Å². The van der Waals surface area contributed by atoms with Gasteiger partial charge in [-0.25, -0.2) is 0 Å². The maximum absolute atomic E-state index is 10.4. The number of rotatable bonds is 6. The largest absolute Gasteiger partial charge is 0.508 e. The molecule has 0 aliphatic rings. The molecule has 2 aromatic rings. The quantitative estimate of drug-likeness (QED) is 0.712. The zero-order chi connectivity index (χ0) is 16.1. The zero-order valence-electron chi connectivity index (χ0n) is 12.4. The molecule has 0 atom stereocenters. The van der Waals surface area contributed by atoms with E-state index in [2.05, 4.69) is 13.2 Å². The summed E-state index contributed by atoms with van der Waals surface area (Å²) in [6.07, 6.45) is 4.68. The normalized spacial score (nSPS) is 10.4. The molecule has 0 fully saturated rings. The number of aromatic hydroxyl groups is 2. The van der Waals surface area contributed by atoms with Crippen LogP contribution in [-0.2, 0) is 19.4 Å². The standard InChI is InChI=1S/C19H20O3/c1-3-5-13-9-16(12-20)19(22)17(10-13)14-7-8-18(21)15(11-14)6-4-2/h3-4,7-11,20-22H,1-2,5-6,12H2. The Labute approximate surface area is 130 Å². The van der Waals surface area contributed by atoms with E-state index in [-0.39, 0.29) is 18.1 Å². The minimum atomic E-state index is -0.235. The summed E-state index contributed by atoms with van der Waals surface area (Å²) in [5.74, 6) is 0.262. The van der Waals surface area contributed by atoms with E-state index in [1.165, 1.54) is 0 Å². The SMILES string of the molecule is C=CCc1cc(CO)c(O)c(-c2ccc(O)c(CC=C)c2)c1. The van der Waals surface area contributed by atoms with E-state index in [4.69, 9.17) is 0 Å². The molecule has 0 bridgehead atoms. The first-order valence-corrected chi connectivity index (χ1v) is 7.10. The van der Waals surface area contributed by atoms with Crippen LogP contribution in [0.2, 0.25) is 0 Å². The van der Waals surface area contributed by atoms with Gasteiger partial charge in [0.05, 0.1) is 6.61 Å². The zero-order valence-corrected chi connectivity index (χ0v) is 12.4. The lowest BCUT2D eigenvalue weighted by Gasteiger charge is -2.13. The van der Waals surface area contributed by atoms with Gasteiger partial charge in [-0.15, -0.1) is 13.2 Å². The molecule has 0 aliphatic carbocycles. The summed E-state index contributed by atoms with van der Waals surface area (Å²) < 4.78 is 0. The summed E-state index contributed by atoms with van der Waals surface area (Å²) in [4.78, 5) is 0. The molecule has 3 nitrogen and oxygen atoms in total. The van der Waals surface area contributed by atoms with Crippen LogP contribution in [-0.4, -0.2) is 15.3 Å². The lowest BCUT2D eigenvalue weighted by atomic mass is 9.95. The minimum absolute atomic E-state index is 0.0607. The van der Waals surface area contributed by atoms with E-state index < -0.39 is 0 Å². The van der Waals surface area contributed by atoms with Crippen molar-refractivity contribution >= 4 is 0 Å². The van der Waals surface area contributed by atoms with Gasteiger partial charge in [-0.1, -0.05) is 18.2 Å². The molecule has 0 aliphatic heterocycles. The Morgan fingerprint density at radius 1 is 0.909 bits per heavy atom. The molecule has 0 spiro atoms. The van der Waals surface area contributed by atoms with E-state index in [0.29, 0.717) is 24.0 Å². The predicted octanol–water partition coefficient (Wildman–Crippen LogP) is 3.71. The lowest BCUT2D eigenvalue weighted by Crippen LogP contribution is -1.93. The van der Waals surface area contributed by atoms with Crippen molar-refractivity contribution in [2.75, 3.05) is 0 Å². The molecule has 0 saturated heterocycles. The Morgan fingerprint density at radius 3 is 2.27 bits per heavy atom. The first kappa shape index (κ1) is 15.9. The molecule has 2 rings (SSSR count). The highest BCUT2D eigenvalue weighted by Crippen LogP contribution is 2.36. The second kappa shape index (κ2) is 6.96. The monoisotopic (exact) mass is 296 g/mol. The molecule has 2 aromatic carbocycles. The maximum Gasteiger partial charge on any atom is 0.128 e. The van der Waals surface area contributed by atoms with Crippen molar-refractivity contribution in [3.8, 4) is 22.6 Å². The van der Waals surface area contributed by atoms with Crippen molar-refractivity contribution < 1.29 is 15.3 Å². The van der Waals surface area contributed by atoms with Crippen LogP contribution in [0.5, 0.6) is 11.5 Å². The van der Waals surface area contributed by atoms with Crippen LogP contribution < -0.4 is 0 Å². The Kier molecular flexibility index (Phi) is 5.02. The summed E-state index contributed by atoms with van der Waals surface area (Å²) in [5, 5.41) is 29.6. The molecular formula is C19H20O3. The number of allylic oxidation sites excluding steroid dienone is 2. The van der Waals surface area contributed by atoms with Crippen molar-refractivity contribution in [1.82, 2.24) is 0 Å². The highest BCUT2D eigenvalue weighted by atomic mass is 16.3. The van der Waals surface area contributed by atoms with Gasteiger partial charge in [0.1, 0.15) is 11.5 Å². The van der Waals surface area contributed by atoms with Crippen LogP contribution in [0.4, 0.5) is 0 Å². The maximum atomic E-state index is 10.4. The molecule has 0 aromatic heterocycles. The molecule has 0 saturated carbocycles. The third-order valence-electron chi connectivity index (χ3n) is 3.55. The van der Waals surface area contributed by atoms with Crippen molar-refractivity contribution in [2.45, 2.75) is 19.4 Å². The van der Waals surface area contributed by atoms with Gasteiger partial charge < -0.3 is 15.3 Å². The van der Waals surface area contributed by atoms with Crippen LogP contribution in [0.25, 0.3) is 11.1 Å². The number of phenols is 2. The number of aliphatic hydroxyl groups excluding tert-OH is 1. The Balaban J connectivity index is 2.60. The fourth-order valence-corrected chi connectivity index (χ4v) is 2.46. The third kappa shape index (κ3) is 3.21. The van der Waals surface area contributed by atoms with Crippen molar-refractivity contribution in [3.63, 3.8) is 0 Å². The van der Waals surface area contributed by atoms with Crippen molar-refractivity contribution in [2.24, 2.45) is 0 Å². The van der Waals surface area contributed by atoms with Crippen LogP contribution in [0.3, 0.4) is 0 Å². The minimum Gasteiger partial charge on any atom is -0.508 e. The van der Waals surface area contributed by atoms with Gasteiger partial charge in [0.15, 0.2) is 0 Å². The number of aliphatic hydroxyl groups is 1. The Hall–Kier alpha value is -2.52. The fraction of sp³-hybridized carbons (Fsp3) is 0.158. The second-order valence-electron chi connectivity index (χ2n) is 5.14. The number of hydrogen-bond donors (Lipinski definition) is 3. The van der Waals surface area contributed by atoms with Crippen LogP contribution in [0.15, 0.2) is 55.6 Å². The Morgan fingerprint density at radius 2 is 1.64 bits per heavy atom. The average molecular weight is 296 g/mol. The number of hydrogen-bond acceptors (Lipinski definition) is 3. The summed E-state index contributed by atoms with van der Waals surface area (Å²) in [6.45, 7) is 7.16. The molecule has 22 heavy (non-hydrogen) atoms. The summed E-state index contributed by atoms with van der Waals surface area (Å²) in [6, 6.07) is 8.82. The van der Waals surface area contributed by atoms with Gasteiger partial charge in [0.25, 0.3) is 0 Å². The molecule has 3 heteroatoms. The third-order valence-corrected chi connectivity index (χ3v) is 3.55. The summed E-state index contributed by atoms with van der Waals surface area (Å²) in [7, 11) is 0. The lowest BCUT2D eigenvalue weighted by molar-refractivity contribution is 0.275. The van der Waals surface area contributed by atoms with Gasteiger partial charge in [0, 0.05) is 11.1 Å². The van der Waals surface area contributed by atoms with Gasteiger partial charge in [-0.05, 0) is 53.8 Å². The molecule has 0 radical (unpaired) electrons. The topological polar surface area (TPSA) is 60.7 Å². The molecular weight excluding hydrogens is 276 g/mol. The number of phenolic OH excluding ortho intramolecular Hbond substituents is 1. The van der Waals surface area contributed by atoms with Crippen molar-refractivity contribution in [3.05, 3.63) is 72.3 Å². The summed E-state index contributed by atoms with van der Waals surface area (Å²) in [5.41, 5.74) is 3.60. The van der Waals surface area contributed by atoms with E-state index in [1.54, 1.807) is 30.4 Å². The average Bonchev–Trinajstić information content (AvgIpc) is 2.51. The van der Waals surface area contributed by atoms with E-state index in [1.807, 2.05) is 12.1 Å². The van der Waals surface area contributed by atoms with Gasteiger partial charge in [-0.2, -0.15) is 0 Å². The van der Waals surface area contributed by atoms with Crippen LogP contribution in [0, 0.1) is 0 Å². The van der Waals surface area contributed by atoms with E-state index in [9.17, 15) is 15.3 Å². The molecule has 0 amide bonds. The first-order valence-electron chi connectivity index (χ1n) is 7.10. The van der Waals surface area contributed by atoms with E-state index >= 15 is 0 Å². The molecule has 0 unspecified atom stereocenters. The highest BCUT2D eigenvalue weighted by molar-refractivity contribution is 5.74. The van der Waals surface area contributed by atoms with E-state index in [0.717, 1.165) is 16.7 Å². The second-order valence-corrected chi connectivity index (χ2v) is 5.14. The van der Waals surface area contributed by atoms with Crippen molar-refractivity contribution in [1.29, 1.82) is 0 Å². The fourth-order valence-electron chi connectivity index (χ4n) is 2.46. The molecule has 114 valence electrons. The van der Waals surface area contributed by atoms with Crippen LogP contribution in [0.1, 0.15) is 16.7 Å². The Bertz CT molecular complexity index is 702.